The SMILES string of the molecule is CCCC(=O)Nc1ccc2oc(-c3ccc(F)cc3)nc2c1. The number of fused-ring (bicyclic) bond motifs is 1. The summed E-state index contributed by atoms with van der Waals surface area (Å²) in [5.74, 6) is 0.0944. The molecule has 1 aromatic heterocycles. The van der Waals surface area contributed by atoms with E-state index in [0.29, 0.717) is 34.7 Å². The smallest absolute Gasteiger partial charge is 0.227 e. The Bertz CT molecular complexity index is 809. The van der Waals surface area contributed by atoms with Gasteiger partial charge in [0.05, 0.1) is 0 Å². The number of carbonyl (C=O) groups excluding carboxylic acids is 1. The summed E-state index contributed by atoms with van der Waals surface area (Å²) in [5.41, 5.74) is 2.65. The van der Waals surface area contributed by atoms with Crippen LogP contribution in [0.3, 0.4) is 0 Å². The van der Waals surface area contributed by atoms with Gasteiger partial charge in [-0.1, -0.05) is 6.92 Å². The minimum atomic E-state index is -0.305. The molecular formula is C17H15FN2O2. The van der Waals surface area contributed by atoms with Gasteiger partial charge in [-0.3, -0.25) is 4.79 Å². The maximum atomic E-state index is 13.0. The van der Waals surface area contributed by atoms with Gasteiger partial charge in [-0.05, 0) is 48.9 Å². The topological polar surface area (TPSA) is 55.1 Å². The van der Waals surface area contributed by atoms with E-state index in [0.717, 1.165) is 6.42 Å². The average molecular weight is 298 g/mol. The van der Waals surface area contributed by atoms with E-state index >= 15 is 0 Å². The van der Waals surface area contributed by atoms with Gasteiger partial charge in [0, 0.05) is 17.7 Å². The van der Waals surface area contributed by atoms with E-state index in [1.165, 1.54) is 12.1 Å². The molecule has 0 unspecified atom stereocenters. The number of halogens is 1. The number of hydrogen-bond donors (Lipinski definition) is 1. The van der Waals surface area contributed by atoms with Crippen LogP contribution in [0.2, 0.25) is 0 Å². The summed E-state index contributed by atoms with van der Waals surface area (Å²) in [6.07, 6.45) is 1.28. The Morgan fingerprint density at radius 1 is 1.23 bits per heavy atom. The van der Waals surface area contributed by atoms with E-state index in [9.17, 15) is 9.18 Å². The normalized spacial score (nSPS) is 10.8. The molecule has 0 aliphatic heterocycles. The number of rotatable bonds is 4. The van der Waals surface area contributed by atoms with E-state index < -0.39 is 0 Å². The second kappa shape index (κ2) is 5.97. The van der Waals surface area contributed by atoms with E-state index in [2.05, 4.69) is 10.3 Å². The Labute approximate surface area is 127 Å². The summed E-state index contributed by atoms with van der Waals surface area (Å²) in [5, 5.41) is 2.82. The zero-order chi connectivity index (χ0) is 15.5. The van der Waals surface area contributed by atoms with Crippen molar-refractivity contribution >= 4 is 22.7 Å². The number of benzene rings is 2. The monoisotopic (exact) mass is 298 g/mol. The predicted molar refractivity (Wildman–Crippen MR) is 82.9 cm³/mol. The summed E-state index contributed by atoms with van der Waals surface area (Å²) < 4.78 is 18.6. The zero-order valence-electron chi connectivity index (χ0n) is 12.1. The van der Waals surface area contributed by atoms with E-state index in [-0.39, 0.29) is 11.7 Å². The minimum absolute atomic E-state index is 0.0240. The highest BCUT2D eigenvalue weighted by Gasteiger charge is 2.10. The summed E-state index contributed by atoms with van der Waals surface area (Å²) in [4.78, 5) is 16.0. The number of amides is 1. The van der Waals surface area contributed by atoms with Crippen molar-refractivity contribution in [3.05, 3.63) is 48.3 Å². The Balaban J connectivity index is 1.90. The second-order valence-corrected chi connectivity index (χ2v) is 5.01. The van der Waals surface area contributed by atoms with Gasteiger partial charge in [-0.2, -0.15) is 0 Å². The lowest BCUT2D eigenvalue weighted by Gasteiger charge is -2.02. The predicted octanol–water partition coefficient (Wildman–Crippen LogP) is 4.37. The van der Waals surface area contributed by atoms with E-state index in [4.69, 9.17) is 4.42 Å². The third-order valence-corrected chi connectivity index (χ3v) is 3.24. The Morgan fingerprint density at radius 2 is 2.00 bits per heavy atom. The van der Waals surface area contributed by atoms with Crippen LogP contribution in [0.25, 0.3) is 22.6 Å². The van der Waals surface area contributed by atoms with Crippen molar-refractivity contribution in [1.29, 1.82) is 0 Å². The van der Waals surface area contributed by atoms with Crippen molar-refractivity contribution in [3.63, 3.8) is 0 Å². The molecule has 1 N–H and O–H groups in total. The summed E-state index contributed by atoms with van der Waals surface area (Å²) in [6.45, 7) is 1.95. The molecule has 3 aromatic rings. The highest BCUT2D eigenvalue weighted by atomic mass is 19.1. The molecule has 0 aliphatic carbocycles. The molecule has 4 nitrogen and oxygen atoms in total. The minimum Gasteiger partial charge on any atom is -0.436 e. The molecule has 22 heavy (non-hydrogen) atoms. The first-order chi connectivity index (χ1) is 10.7. The van der Waals surface area contributed by atoms with Crippen molar-refractivity contribution in [3.8, 4) is 11.5 Å². The van der Waals surface area contributed by atoms with Crippen LogP contribution in [0.5, 0.6) is 0 Å². The summed E-state index contributed by atoms with van der Waals surface area (Å²) in [7, 11) is 0. The van der Waals surface area contributed by atoms with Crippen molar-refractivity contribution in [1.82, 2.24) is 4.98 Å². The molecule has 0 fully saturated rings. The number of nitrogens with zero attached hydrogens (tertiary/aromatic N) is 1. The first-order valence-electron chi connectivity index (χ1n) is 7.12. The fourth-order valence-corrected chi connectivity index (χ4v) is 2.17. The van der Waals surface area contributed by atoms with Gasteiger partial charge in [0.25, 0.3) is 0 Å². The molecule has 0 aliphatic rings. The van der Waals surface area contributed by atoms with E-state index in [1.54, 1.807) is 30.3 Å². The molecule has 112 valence electrons. The van der Waals surface area contributed by atoms with Gasteiger partial charge in [-0.15, -0.1) is 0 Å². The van der Waals surface area contributed by atoms with Crippen LogP contribution in [0.4, 0.5) is 10.1 Å². The van der Waals surface area contributed by atoms with Gasteiger partial charge >= 0.3 is 0 Å². The molecule has 0 atom stereocenters. The maximum absolute atomic E-state index is 13.0. The highest BCUT2D eigenvalue weighted by Crippen LogP contribution is 2.26. The molecule has 0 saturated carbocycles. The number of carbonyl (C=O) groups is 1. The van der Waals surface area contributed by atoms with Gasteiger partial charge in [0.15, 0.2) is 5.58 Å². The molecule has 0 spiro atoms. The molecule has 5 heteroatoms. The Morgan fingerprint density at radius 3 is 2.73 bits per heavy atom. The number of aromatic nitrogens is 1. The third-order valence-electron chi connectivity index (χ3n) is 3.24. The lowest BCUT2D eigenvalue weighted by atomic mass is 10.2. The van der Waals surface area contributed by atoms with E-state index in [1.807, 2.05) is 6.92 Å². The van der Waals surface area contributed by atoms with Gasteiger partial charge in [0.2, 0.25) is 11.8 Å². The molecule has 1 amide bonds. The van der Waals surface area contributed by atoms with Gasteiger partial charge in [-0.25, -0.2) is 9.37 Å². The molecule has 2 aromatic carbocycles. The average Bonchev–Trinajstić information content (AvgIpc) is 2.91. The van der Waals surface area contributed by atoms with Gasteiger partial charge < -0.3 is 9.73 Å². The molecule has 3 rings (SSSR count). The van der Waals surface area contributed by atoms with Gasteiger partial charge in [0.1, 0.15) is 11.3 Å². The van der Waals surface area contributed by atoms with Crippen LogP contribution in [0.1, 0.15) is 19.8 Å². The lowest BCUT2D eigenvalue weighted by Crippen LogP contribution is -2.10. The number of oxazole rings is 1. The van der Waals surface area contributed by atoms with Crippen LogP contribution in [-0.4, -0.2) is 10.9 Å². The molecule has 0 bridgehead atoms. The Hall–Kier alpha value is -2.69. The fraction of sp³-hybridized carbons (Fsp3) is 0.176. The van der Waals surface area contributed by atoms with Crippen molar-refractivity contribution in [2.24, 2.45) is 0 Å². The van der Waals surface area contributed by atoms with Crippen molar-refractivity contribution < 1.29 is 13.6 Å². The fourth-order valence-electron chi connectivity index (χ4n) is 2.17. The molecule has 0 saturated heterocycles. The quantitative estimate of drug-likeness (QED) is 0.778. The summed E-state index contributed by atoms with van der Waals surface area (Å²) in [6, 6.07) is 11.3. The second-order valence-electron chi connectivity index (χ2n) is 5.01. The Kier molecular flexibility index (Phi) is 3.87. The third kappa shape index (κ3) is 2.98. The lowest BCUT2D eigenvalue weighted by molar-refractivity contribution is -0.116. The first kappa shape index (κ1) is 14.3. The van der Waals surface area contributed by atoms with Crippen molar-refractivity contribution in [2.75, 3.05) is 5.32 Å². The van der Waals surface area contributed by atoms with Crippen LogP contribution < -0.4 is 5.32 Å². The van der Waals surface area contributed by atoms with Crippen LogP contribution >= 0.6 is 0 Å². The van der Waals surface area contributed by atoms with Crippen LogP contribution in [-0.2, 0) is 4.79 Å². The number of nitrogens with one attached hydrogen (secondary N) is 1. The first-order valence-corrected chi connectivity index (χ1v) is 7.12. The largest absolute Gasteiger partial charge is 0.436 e. The maximum Gasteiger partial charge on any atom is 0.227 e. The van der Waals surface area contributed by atoms with Crippen LogP contribution in [0.15, 0.2) is 46.9 Å². The van der Waals surface area contributed by atoms with Crippen molar-refractivity contribution in [2.45, 2.75) is 19.8 Å². The molecule has 0 radical (unpaired) electrons. The van der Waals surface area contributed by atoms with Crippen LogP contribution in [0, 0.1) is 5.82 Å². The summed E-state index contributed by atoms with van der Waals surface area (Å²) >= 11 is 0. The molecule has 1 heterocycles. The zero-order valence-corrected chi connectivity index (χ0v) is 12.1. The molecular weight excluding hydrogens is 283 g/mol. The number of anilines is 1. The standard InChI is InChI=1S/C17H15FN2O2/c1-2-3-16(21)19-13-8-9-15-14(10-13)20-17(22-15)11-4-6-12(18)7-5-11/h4-10H,2-3H2,1H3,(H,19,21). The number of hydrogen-bond acceptors (Lipinski definition) is 3. The highest BCUT2D eigenvalue weighted by molar-refractivity contribution is 5.93.